The van der Waals surface area contributed by atoms with Gasteiger partial charge in [-0.25, -0.2) is 0 Å². The molecule has 0 atom stereocenters. The quantitative estimate of drug-likeness (QED) is 0.0800. The van der Waals surface area contributed by atoms with Crippen LogP contribution in [0.5, 0.6) is 0 Å². The zero-order valence-electron chi connectivity index (χ0n) is 21.5. The molecule has 0 fully saturated rings. The molecule has 34 heavy (non-hydrogen) atoms. The van der Waals surface area contributed by atoms with Crippen molar-refractivity contribution in [2.75, 3.05) is 26.2 Å². The van der Waals surface area contributed by atoms with E-state index < -0.39 is 17.9 Å². The van der Waals surface area contributed by atoms with Gasteiger partial charge in [0.1, 0.15) is 0 Å². The predicted molar refractivity (Wildman–Crippen MR) is 136 cm³/mol. The van der Waals surface area contributed by atoms with Crippen LogP contribution in [0.3, 0.4) is 0 Å². The number of nitrogens with zero attached hydrogens (tertiary/aromatic N) is 1. The highest BCUT2D eigenvalue weighted by atomic mass is 16.4. The van der Waals surface area contributed by atoms with E-state index in [2.05, 4.69) is 19.1 Å². The van der Waals surface area contributed by atoms with Gasteiger partial charge in [-0.2, -0.15) is 0 Å². The monoisotopic (exact) mass is 484 g/mol. The maximum atomic E-state index is 10.9. The fourth-order valence-corrected chi connectivity index (χ4v) is 4.46. The van der Waals surface area contributed by atoms with E-state index in [0.717, 1.165) is 69.2 Å². The van der Waals surface area contributed by atoms with E-state index in [9.17, 15) is 14.4 Å². The highest BCUT2D eigenvalue weighted by molar-refractivity contribution is 5.67. The van der Waals surface area contributed by atoms with Crippen LogP contribution in [0.25, 0.3) is 0 Å². The fraction of sp³-hybridized carbons (Fsp3) is 0.815. The molecule has 3 N–H and O–H groups in total. The van der Waals surface area contributed by atoms with Crippen LogP contribution < -0.4 is 0 Å². The van der Waals surface area contributed by atoms with Crippen molar-refractivity contribution < 1.29 is 34.2 Å². The summed E-state index contributed by atoms with van der Waals surface area (Å²) in [6.45, 7) is 5.85. The average molecular weight is 485 g/mol. The standard InChI is InChI=1S/C27H49NO6/c1-2-3-4-5-6-7-8-9-10-14-21-28(22-15-11-18-25(29)30,23-16-12-19-26(31)32)24-17-13-20-27(33)34/h5-6H,2-4,7-24H2,1H3,(H2-,29,30,31,32,33,34)/p+1/b6-5+. The zero-order valence-corrected chi connectivity index (χ0v) is 21.5. The third-order valence-corrected chi connectivity index (χ3v) is 6.46. The number of aliphatic carboxylic acids is 3. The predicted octanol–water partition coefficient (Wildman–Crippen LogP) is 6.26. The number of hydrogen-bond acceptors (Lipinski definition) is 3. The Bertz CT molecular complexity index is 520. The molecule has 0 aliphatic heterocycles. The SMILES string of the molecule is CCCC/C=C/CCCCCC[N+](CCCCC(=O)O)(CCCCC(=O)O)CCCCC(=O)O. The Morgan fingerprint density at radius 3 is 1.26 bits per heavy atom. The molecule has 0 aromatic carbocycles. The van der Waals surface area contributed by atoms with E-state index in [1.807, 2.05) is 0 Å². The molecule has 0 amide bonds. The number of allylic oxidation sites excluding steroid dienone is 2. The first-order valence-electron chi connectivity index (χ1n) is 13.5. The van der Waals surface area contributed by atoms with Gasteiger partial charge in [0.25, 0.3) is 0 Å². The fourth-order valence-electron chi connectivity index (χ4n) is 4.46. The largest absolute Gasteiger partial charge is 0.481 e. The Morgan fingerprint density at radius 2 is 0.882 bits per heavy atom. The van der Waals surface area contributed by atoms with E-state index in [1.165, 1.54) is 32.1 Å². The number of unbranched alkanes of at least 4 members (excludes halogenated alkanes) is 9. The number of hydrogen-bond donors (Lipinski definition) is 3. The number of carboxylic acid groups (broad SMARTS) is 3. The molecule has 0 unspecified atom stereocenters. The van der Waals surface area contributed by atoms with Gasteiger partial charge in [-0.3, -0.25) is 14.4 Å². The first kappa shape index (κ1) is 32.1. The first-order chi connectivity index (χ1) is 16.3. The second kappa shape index (κ2) is 21.6. The Morgan fingerprint density at radius 1 is 0.529 bits per heavy atom. The van der Waals surface area contributed by atoms with Gasteiger partial charge in [-0.1, -0.05) is 38.3 Å². The third kappa shape index (κ3) is 20.7. The van der Waals surface area contributed by atoms with Gasteiger partial charge in [-0.05, 0) is 70.6 Å². The van der Waals surface area contributed by atoms with Gasteiger partial charge >= 0.3 is 17.9 Å². The first-order valence-corrected chi connectivity index (χ1v) is 13.5. The lowest BCUT2D eigenvalue weighted by Crippen LogP contribution is -2.51. The minimum atomic E-state index is -0.773. The Labute approximate surface area is 206 Å². The van der Waals surface area contributed by atoms with Crippen LogP contribution in [0.2, 0.25) is 0 Å². The number of quaternary nitrogens is 1. The Kier molecular flexibility index (Phi) is 20.4. The molecule has 0 aromatic rings. The zero-order chi connectivity index (χ0) is 25.5. The van der Waals surface area contributed by atoms with Crippen molar-refractivity contribution in [3.63, 3.8) is 0 Å². The lowest BCUT2D eigenvalue weighted by atomic mass is 10.1. The van der Waals surface area contributed by atoms with Crippen molar-refractivity contribution in [3.8, 4) is 0 Å². The van der Waals surface area contributed by atoms with E-state index in [4.69, 9.17) is 15.3 Å². The average Bonchev–Trinajstić information content (AvgIpc) is 2.78. The molecule has 0 aliphatic rings. The summed E-state index contributed by atoms with van der Waals surface area (Å²) in [6.07, 6.45) is 18.9. The second-order valence-electron chi connectivity index (χ2n) is 9.61. The highest BCUT2D eigenvalue weighted by Gasteiger charge is 2.26. The number of carboxylic acids is 3. The van der Waals surface area contributed by atoms with Gasteiger partial charge in [0.15, 0.2) is 0 Å². The van der Waals surface area contributed by atoms with Gasteiger partial charge in [0.2, 0.25) is 0 Å². The normalized spacial score (nSPS) is 11.8. The molecule has 0 radical (unpaired) electrons. The summed E-state index contributed by atoms with van der Waals surface area (Å²) < 4.78 is 0.857. The van der Waals surface area contributed by atoms with E-state index in [1.54, 1.807) is 0 Å². The van der Waals surface area contributed by atoms with Crippen LogP contribution in [-0.4, -0.2) is 63.9 Å². The molecule has 0 saturated heterocycles. The minimum Gasteiger partial charge on any atom is -0.481 e. The van der Waals surface area contributed by atoms with Gasteiger partial charge in [0.05, 0.1) is 26.2 Å². The summed E-state index contributed by atoms with van der Waals surface area (Å²) in [7, 11) is 0. The third-order valence-electron chi connectivity index (χ3n) is 6.46. The summed E-state index contributed by atoms with van der Waals surface area (Å²) >= 11 is 0. The molecule has 0 spiro atoms. The summed E-state index contributed by atoms with van der Waals surface area (Å²) in [5.74, 6) is -2.32. The van der Waals surface area contributed by atoms with E-state index in [-0.39, 0.29) is 19.3 Å². The molecular formula is C27H50NO6+. The van der Waals surface area contributed by atoms with Crippen molar-refractivity contribution >= 4 is 17.9 Å². The highest BCUT2D eigenvalue weighted by Crippen LogP contribution is 2.19. The molecule has 0 aliphatic carbocycles. The number of carbonyl (C=O) groups is 3. The lowest BCUT2D eigenvalue weighted by molar-refractivity contribution is -0.929. The van der Waals surface area contributed by atoms with Crippen molar-refractivity contribution in [1.82, 2.24) is 0 Å². The second-order valence-corrected chi connectivity index (χ2v) is 9.61. The smallest absolute Gasteiger partial charge is 0.303 e. The summed E-state index contributed by atoms with van der Waals surface area (Å²) in [5.41, 5.74) is 0. The molecule has 0 saturated carbocycles. The van der Waals surface area contributed by atoms with Crippen molar-refractivity contribution in [2.45, 2.75) is 116 Å². The summed E-state index contributed by atoms with van der Waals surface area (Å²) in [5, 5.41) is 26.9. The van der Waals surface area contributed by atoms with Crippen molar-refractivity contribution in [3.05, 3.63) is 12.2 Å². The van der Waals surface area contributed by atoms with E-state index >= 15 is 0 Å². The van der Waals surface area contributed by atoms with Crippen LogP contribution in [0.1, 0.15) is 116 Å². The van der Waals surface area contributed by atoms with Gasteiger partial charge < -0.3 is 19.8 Å². The Hall–Kier alpha value is -1.89. The molecular weight excluding hydrogens is 434 g/mol. The van der Waals surface area contributed by atoms with Crippen LogP contribution >= 0.6 is 0 Å². The van der Waals surface area contributed by atoms with Crippen molar-refractivity contribution in [1.29, 1.82) is 0 Å². The maximum absolute atomic E-state index is 10.9. The molecule has 198 valence electrons. The van der Waals surface area contributed by atoms with Crippen LogP contribution in [0.15, 0.2) is 12.2 Å². The van der Waals surface area contributed by atoms with Gasteiger partial charge in [-0.15, -0.1) is 0 Å². The van der Waals surface area contributed by atoms with Crippen molar-refractivity contribution in [2.24, 2.45) is 0 Å². The van der Waals surface area contributed by atoms with Crippen LogP contribution in [-0.2, 0) is 14.4 Å². The lowest BCUT2D eigenvalue weighted by Gasteiger charge is -2.39. The molecule has 0 aromatic heterocycles. The topological polar surface area (TPSA) is 112 Å². The maximum Gasteiger partial charge on any atom is 0.303 e. The molecule has 7 heteroatoms. The molecule has 0 heterocycles. The number of rotatable bonds is 25. The Balaban J connectivity index is 4.79. The minimum absolute atomic E-state index is 0.170. The van der Waals surface area contributed by atoms with Gasteiger partial charge in [0, 0.05) is 19.3 Å². The molecule has 7 nitrogen and oxygen atoms in total. The molecule has 0 rings (SSSR count). The summed E-state index contributed by atoms with van der Waals surface area (Å²) in [4.78, 5) is 32.8. The summed E-state index contributed by atoms with van der Waals surface area (Å²) in [6, 6.07) is 0. The van der Waals surface area contributed by atoms with E-state index in [0.29, 0.717) is 19.3 Å². The van der Waals surface area contributed by atoms with Crippen LogP contribution in [0.4, 0.5) is 0 Å². The van der Waals surface area contributed by atoms with Crippen LogP contribution in [0, 0.1) is 0 Å². The molecule has 0 bridgehead atoms.